The van der Waals surface area contributed by atoms with E-state index in [0.717, 1.165) is 24.5 Å². The van der Waals surface area contributed by atoms with Gasteiger partial charge in [-0.25, -0.2) is 4.98 Å². The summed E-state index contributed by atoms with van der Waals surface area (Å²) in [6, 6.07) is 21.0. The van der Waals surface area contributed by atoms with Crippen LogP contribution in [0.3, 0.4) is 0 Å². The van der Waals surface area contributed by atoms with E-state index < -0.39 is 0 Å². The highest BCUT2D eigenvalue weighted by Gasteiger charge is 2.05. The summed E-state index contributed by atoms with van der Waals surface area (Å²) in [4.78, 5) is 4.71. The Balaban J connectivity index is 1.49. The first kappa shape index (κ1) is 14.0. The van der Waals surface area contributed by atoms with Crippen molar-refractivity contribution in [3.8, 4) is 10.6 Å². The molecular formula is C18H19N2S+. The van der Waals surface area contributed by atoms with Crippen LogP contribution in [0.15, 0.2) is 66.0 Å². The number of benzene rings is 2. The zero-order chi connectivity index (χ0) is 14.3. The van der Waals surface area contributed by atoms with Gasteiger partial charge < -0.3 is 5.32 Å². The molecule has 0 radical (unpaired) electrons. The number of quaternary nitrogens is 1. The van der Waals surface area contributed by atoms with Gasteiger partial charge in [-0.2, -0.15) is 0 Å². The summed E-state index contributed by atoms with van der Waals surface area (Å²) < 4.78 is 0. The van der Waals surface area contributed by atoms with E-state index in [1.807, 2.05) is 6.07 Å². The smallest absolute Gasteiger partial charge is 0.123 e. The number of thiazole rings is 1. The van der Waals surface area contributed by atoms with Crippen molar-refractivity contribution in [1.82, 2.24) is 4.98 Å². The molecule has 0 bridgehead atoms. The van der Waals surface area contributed by atoms with Crippen molar-refractivity contribution in [3.63, 3.8) is 0 Å². The largest absolute Gasteiger partial charge is 0.341 e. The number of nitrogens with zero attached hydrogens (tertiary/aromatic N) is 1. The van der Waals surface area contributed by atoms with E-state index in [1.54, 1.807) is 11.3 Å². The lowest BCUT2D eigenvalue weighted by Gasteiger charge is -2.00. The number of aromatic nitrogens is 1. The molecule has 0 spiro atoms. The fourth-order valence-corrected chi connectivity index (χ4v) is 3.12. The zero-order valence-electron chi connectivity index (χ0n) is 11.9. The summed E-state index contributed by atoms with van der Waals surface area (Å²) in [6.45, 7) is 2.05. The molecule has 2 N–H and O–H groups in total. The van der Waals surface area contributed by atoms with Gasteiger partial charge in [0.15, 0.2) is 0 Å². The molecule has 106 valence electrons. The second-order valence-electron chi connectivity index (χ2n) is 5.03. The van der Waals surface area contributed by atoms with Crippen LogP contribution in [-0.4, -0.2) is 11.5 Å². The van der Waals surface area contributed by atoms with Crippen LogP contribution >= 0.6 is 11.3 Å². The molecule has 0 atom stereocenters. The van der Waals surface area contributed by atoms with Crippen molar-refractivity contribution in [1.29, 1.82) is 0 Å². The van der Waals surface area contributed by atoms with Gasteiger partial charge in [0.05, 0.1) is 6.54 Å². The van der Waals surface area contributed by atoms with E-state index in [4.69, 9.17) is 4.98 Å². The summed E-state index contributed by atoms with van der Waals surface area (Å²) in [7, 11) is 0. The lowest BCUT2D eigenvalue weighted by Crippen LogP contribution is -2.83. The molecule has 21 heavy (non-hydrogen) atoms. The first-order chi connectivity index (χ1) is 10.4. The van der Waals surface area contributed by atoms with Crippen molar-refractivity contribution in [2.75, 3.05) is 6.54 Å². The Labute approximate surface area is 129 Å². The van der Waals surface area contributed by atoms with Crippen molar-refractivity contribution < 1.29 is 5.32 Å². The molecule has 0 amide bonds. The average Bonchev–Trinajstić information content (AvgIpc) is 3.02. The molecule has 0 aliphatic carbocycles. The zero-order valence-corrected chi connectivity index (χ0v) is 12.7. The summed E-state index contributed by atoms with van der Waals surface area (Å²) in [6.07, 6.45) is 1.11. The number of hydrogen-bond acceptors (Lipinski definition) is 2. The van der Waals surface area contributed by atoms with Crippen LogP contribution in [0.25, 0.3) is 10.6 Å². The summed E-state index contributed by atoms with van der Waals surface area (Å²) >= 11 is 1.73. The molecule has 1 aromatic heterocycles. The van der Waals surface area contributed by atoms with Crippen LogP contribution in [0, 0.1) is 0 Å². The van der Waals surface area contributed by atoms with E-state index in [2.05, 4.69) is 65.3 Å². The van der Waals surface area contributed by atoms with Crippen molar-refractivity contribution >= 4 is 11.3 Å². The Morgan fingerprint density at radius 3 is 2.38 bits per heavy atom. The third kappa shape index (κ3) is 4.00. The Morgan fingerprint density at radius 2 is 1.62 bits per heavy atom. The standard InChI is InChI=1S/C18H18N2S/c1-3-7-15(8-4-1)11-12-19-13-17-14-21-18(20-17)16-9-5-2-6-10-16/h1-10,14,19H,11-13H2/p+1. The molecule has 0 fully saturated rings. The lowest BCUT2D eigenvalue weighted by molar-refractivity contribution is -0.670. The molecule has 0 saturated carbocycles. The van der Waals surface area contributed by atoms with Gasteiger partial charge in [0.2, 0.25) is 0 Å². The van der Waals surface area contributed by atoms with E-state index in [9.17, 15) is 0 Å². The Bertz CT molecular complexity index is 662. The molecule has 3 rings (SSSR count). The van der Waals surface area contributed by atoms with Crippen LogP contribution in [0.4, 0.5) is 0 Å². The molecule has 2 nitrogen and oxygen atoms in total. The van der Waals surface area contributed by atoms with E-state index >= 15 is 0 Å². The first-order valence-corrected chi connectivity index (χ1v) is 8.15. The second-order valence-corrected chi connectivity index (χ2v) is 5.89. The van der Waals surface area contributed by atoms with Gasteiger partial charge in [-0.05, 0) is 5.56 Å². The highest BCUT2D eigenvalue weighted by atomic mass is 32.1. The molecule has 2 aromatic carbocycles. The van der Waals surface area contributed by atoms with E-state index in [-0.39, 0.29) is 0 Å². The SMILES string of the molecule is c1ccc(CC[NH2+]Cc2csc(-c3ccccc3)n2)cc1. The van der Waals surface area contributed by atoms with Crippen molar-refractivity contribution in [3.05, 3.63) is 77.3 Å². The van der Waals surface area contributed by atoms with Crippen molar-refractivity contribution in [2.45, 2.75) is 13.0 Å². The van der Waals surface area contributed by atoms with Crippen LogP contribution < -0.4 is 5.32 Å². The molecule has 1 heterocycles. The summed E-state index contributed by atoms with van der Waals surface area (Å²) in [5.41, 5.74) is 3.78. The lowest BCUT2D eigenvalue weighted by atomic mass is 10.1. The fourth-order valence-electron chi connectivity index (χ4n) is 2.28. The van der Waals surface area contributed by atoms with Gasteiger partial charge in [0.25, 0.3) is 0 Å². The number of hydrogen-bond donors (Lipinski definition) is 1. The molecule has 0 saturated heterocycles. The topological polar surface area (TPSA) is 29.5 Å². The maximum atomic E-state index is 4.71. The van der Waals surface area contributed by atoms with Gasteiger partial charge in [-0.1, -0.05) is 60.7 Å². The van der Waals surface area contributed by atoms with Crippen LogP contribution in [0.2, 0.25) is 0 Å². The number of rotatable bonds is 6. The van der Waals surface area contributed by atoms with Gasteiger partial charge in [-0.3, -0.25) is 0 Å². The molecule has 0 aliphatic heterocycles. The molecule has 3 aromatic rings. The van der Waals surface area contributed by atoms with Gasteiger partial charge >= 0.3 is 0 Å². The Morgan fingerprint density at radius 1 is 0.905 bits per heavy atom. The molecule has 0 unspecified atom stereocenters. The summed E-state index contributed by atoms with van der Waals surface area (Å²) in [5.74, 6) is 0. The maximum absolute atomic E-state index is 4.71. The van der Waals surface area contributed by atoms with Gasteiger partial charge in [0.1, 0.15) is 17.2 Å². The molecule has 3 heteroatoms. The van der Waals surface area contributed by atoms with Crippen LogP contribution in [0.5, 0.6) is 0 Å². The van der Waals surface area contributed by atoms with Crippen LogP contribution in [0.1, 0.15) is 11.3 Å². The van der Waals surface area contributed by atoms with Crippen LogP contribution in [-0.2, 0) is 13.0 Å². The minimum atomic E-state index is 0.955. The molecule has 0 aliphatic rings. The normalized spacial score (nSPS) is 10.7. The predicted molar refractivity (Wildman–Crippen MR) is 88.2 cm³/mol. The predicted octanol–water partition coefficient (Wildman–Crippen LogP) is 3.12. The quantitative estimate of drug-likeness (QED) is 0.696. The maximum Gasteiger partial charge on any atom is 0.123 e. The van der Waals surface area contributed by atoms with Crippen molar-refractivity contribution in [2.24, 2.45) is 0 Å². The second kappa shape index (κ2) is 7.16. The highest BCUT2D eigenvalue weighted by molar-refractivity contribution is 7.13. The third-order valence-electron chi connectivity index (χ3n) is 3.41. The van der Waals surface area contributed by atoms with E-state index in [1.165, 1.54) is 16.8 Å². The Kier molecular flexibility index (Phi) is 4.77. The van der Waals surface area contributed by atoms with E-state index in [0.29, 0.717) is 0 Å². The average molecular weight is 295 g/mol. The highest BCUT2D eigenvalue weighted by Crippen LogP contribution is 2.22. The minimum absolute atomic E-state index is 0.955. The molecular weight excluding hydrogens is 276 g/mol. The summed E-state index contributed by atoms with van der Waals surface area (Å²) in [5, 5.41) is 5.61. The van der Waals surface area contributed by atoms with Gasteiger partial charge in [0, 0.05) is 17.4 Å². The Hall–Kier alpha value is -1.97. The fraction of sp³-hybridized carbons (Fsp3) is 0.167. The third-order valence-corrected chi connectivity index (χ3v) is 4.35. The first-order valence-electron chi connectivity index (χ1n) is 7.27. The monoisotopic (exact) mass is 295 g/mol. The van der Waals surface area contributed by atoms with Gasteiger partial charge in [-0.15, -0.1) is 11.3 Å². The number of nitrogens with two attached hydrogens (primary N) is 1. The minimum Gasteiger partial charge on any atom is -0.341 e.